The number of fused-ring (bicyclic) bond motifs is 3. The Morgan fingerprint density at radius 1 is 1.23 bits per heavy atom. The van der Waals surface area contributed by atoms with E-state index in [9.17, 15) is 9.90 Å². The van der Waals surface area contributed by atoms with Crippen LogP contribution < -0.4 is 0 Å². The summed E-state index contributed by atoms with van der Waals surface area (Å²) in [5, 5.41) is 10.0. The number of carboxylic acid groups (broad SMARTS) is 1. The van der Waals surface area contributed by atoms with Crippen molar-refractivity contribution in [3.63, 3.8) is 0 Å². The van der Waals surface area contributed by atoms with Crippen molar-refractivity contribution in [3.8, 4) is 0 Å². The van der Waals surface area contributed by atoms with Crippen LogP contribution in [0.1, 0.15) is 64.0 Å². The second kappa shape index (κ2) is 5.29. The van der Waals surface area contributed by atoms with E-state index in [1.165, 1.54) is 17.5 Å². The summed E-state index contributed by atoms with van der Waals surface area (Å²) in [7, 11) is 0. The summed E-state index contributed by atoms with van der Waals surface area (Å²) in [5.74, 6) is 0.450. The smallest absolute Gasteiger partial charge is 0.408 e. The second-order valence-corrected chi connectivity index (χ2v) is 7.85. The molecule has 3 nitrogen and oxygen atoms in total. The van der Waals surface area contributed by atoms with Crippen LogP contribution in [0.15, 0.2) is 24.3 Å². The van der Waals surface area contributed by atoms with Crippen molar-refractivity contribution in [1.29, 1.82) is 0 Å². The molecule has 2 aliphatic rings. The monoisotopic (exact) mass is 301 g/mol. The third-order valence-electron chi connectivity index (χ3n) is 5.54. The molecule has 1 N–H and O–H groups in total. The van der Waals surface area contributed by atoms with Crippen molar-refractivity contribution in [2.24, 2.45) is 5.92 Å². The average Bonchev–Trinajstić information content (AvgIpc) is 2.45. The first-order chi connectivity index (χ1) is 10.4. The third-order valence-corrected chi connectivity index (χ3v) is 5.54. The molecule has 0 aromatic heterocycles. The highest BCUT2D eigenvalue weighted by Gasteiger charge is 2.54. The fourth-order valence-corrected chi connectivity index (χ4v) is 4.93. The highest BCUT2D eigenvalue weighted by Crippen LogP contribution is 2.54. The zero-order valence-corrected chi connectivity index (χ0v) is 13.9. The van der Waals surface area contributed by atoms with E-state index in [1.807, 2.05) is 20.8 Å². The number of amides is 1. The van der Waals surface area contributed by atoms with E-state index in [0.717, 1.165) is 32.1 Å². The Morgan fingerprint density at radius 3 is 2.64 bits per heavy atom. The molecule has 120 valence electrons. The molecule has 0 heterocycles. The fourth-order valence-electron chi connectivity index (χ4n) is 4.93. The number of hydrogen-bond acceptors (Lipinski definition) is 1. The molecule has 22 heavy (non-hydrogen) atoms. The Kier molecular flexibility index (Phi) is 3.70. The van der Waals surface area contributed by atoms with Gasteiger partial charge in [0.1, 0.15) is 0 Å². The minimum absolute atomic E-state index is 0.336. The topological polar surface area (TPSA) is 40.5 Å². The summed E-state index contributed by atoms with van der Waals surface area (Å²) in [5.41, 5.74) is 1.88. The van der Waals surface area contributed by atoms with Crippen molar-refractivity contribution >= 4 is 6.09 Å². The van der Waals surface area contributed by atoms with Crippen molar-refractivity contribution in [3.05, 3.63) is 35.4 Å². The number of rotatable bonds is 1. The molecule has 3 heteroatoms. The van der Waals surface area contributed by atoms with Gasteiger partial charge in [-0.15, -0.1) is 0 Å². The lowest BCUT2D eigenvalue weighted by Crippen LogP contribution is -2.62. The Morgan fingerprint density at radius 2 is 1.95 bits per heavy atom. The molecule has 3 rings (SSSR count). The van der Waals surface area contributed by atoms with Gasteiger partial charge < -0.3 is 5.11 Å². The van der Waals surface area contributed by atoms with Gasteiger partial charge in [-0.2, -0.15) is 0 Å². The molecule has 2 aliphatic carbocycles. The van der Waals surface area contributed by atoms with E-state index in [4.69, 9.17) is 0 Å². The lowest BCUT2D eigenvalue weighted by atomic mass is 9.61. The number of nitrogens with zero attached hydrogens (tertiary/aromatic N) is 1. The Bertz CT molecular complexity index is 575. The minimum atomic E-state index is -0.781. The number of aryl methyl sites for hydroxylation is 1. The highest BCUT2D eigenvalue weighted by molar-refractivity contribution is 5.68. The Hall–Kier alpha value is -1.51. The van der Waals surface area contributed by atoms with E-state index in [1.54, 1.807) is 4.90 Å². The molecule has 0 radical (unpaired) electrons. The van der Waals surface area contributed by atoms with Crippen LogP contribution in [0.3, 0.4) is 0 Å². The SMILES string of the molecule is CC(C)(C)N(C(=O)O)C12CCCCC1CCc1ccccc12. The number of hydrogen-bond donors (Lipinski definition) is 1. The Labute approximate surface area is 133 Å². The van der Waals surface area contributed by atoms with Gasteiger partial charge in [0.05, 0.1) is 5.54 Å². The predicted molar refractivity (Wildman–Crippen MR) is 88.0 cm³/mol. The van der Waals surface area contributed by atoms with E-state index in [0.29, 0.717) is 5.92 Å². The van der Waals surface area contributed by atoms with Crippen LogP contribution in [0.4, 0.5) is 4.79 Å². The first-order valence-corrected chi connectivity index (χ1v) is 8.49. The molecule has 0 bridgehead atoms. The quantitative estimate of drug-likeness (QED) is 0.809. The maximum absolute atomic E-state index is 12.2. The molecule has 2 unspecified atom stereocenters. The normalized spacial score (nSPS) is 27.7. The predicted octanol–water partition coefficient (Wildman–Crippen LogP) is 4.80. The van der Waals surface area contributed by atoms with Crippen molar-refractivity contribution in [1.82, 2.24) is 4.90 Å². The molecular weight excluding hydrogens is 274 g/mol. The maximum Gasteiger partial charge on any atom is 0.408 e. The van der Waals surface area contributed by atoms with Crippen molar-refractivity contribution in [2.75, 3.05) is 0 Å². The molecular formula is C19H27NO2. The van der Waals surface area contributed by atoms with Crippen molar-refractivity contribution < 1.29 is 9.90 Å². The first kappa shape index (κ1) is 15.4. The first-order valence-electron chi connectivity index (χ1n) is 8.49. The number of benzene rings is 1. The van der Waals surface area contributed by atoms with E-state index in [2.05, 4.69) is 24.3 Å². The van der Waals surface area contributed by atoms with Crippen LogP contribution in [-0.2, 0) is 12.0 Å². The van der Waals surface area contributed by atoms with Crippen LogP contribution in [0.25, 0.3) is 0 Å². The summed E-state index contributed by atoms with van der Waals surface area (Å²) < 4.78 is 0. The molecule has 1 amide bonds. The van der Waals surface area contributed by atoms with E-state index >= 15 is 0 Å². The van der Waals surface area contributed by atoms with Gasteiger partial charge >= 0.3 is 6.09 Å². The second-order valence-electron chi connectivity index (χ2n) is 7.85. The standard InChI is InChI=1S/C19H27NO2/c1-18(2,3)20(17(21)22)19-13-7-6-9-15(19)12-11-14-8-4-5-10-16(14)19/h4-5,8,10,15H,6-7,9,11-13H2,1-3H3,(H,21,22). The lowest BCUT2D eigenvalue weighted by Gasteiger charge is -2.57. The average molecular weight is 301 g/mol. The summed E-state index contributed by atoms with van der Waals surface area (Å²) in [6.45, 7) is 6.08. The van der Waals surface area contributed by atoms with Crippen LogP contribution in [0.5, 0.6) is 0 Å². The third kappa shape index (κ3) is 2.22. The van der Waals surface area contributed by atoms with Gasteiger partial charge in [-0.05, 0) is 63.5 Å². The van der Waals surface area contributed by atoms with Gasteiger partial charge in [0.25, 0.3) is 0 Å². The summed E-state index contributed by atoms with van der Waals surface area (Å²) in [4.78, 5) is 14.0. The molecule has 0 spiro atoms. The maximum atomic E-state index is 12.2. The number of carbonyl (C=O) groups is 1. The molecule has 0 saturated heterocycles. The van der Waals surface area contributed by atoms with Gasteiger partial charge in [0.15, 0.2) is 0 Å². The van der Waals surface area contributed by atoms with Gasteiger partial charge in [-0.25, -0.2) is 4.79 Å². The fraction of sp³-hybridized carbons (Fsp3) is 0.632. The largest absolute Gasteiger partial charge is 0.465 e. The van der Waals surface area contributed by atoms with Gasteiger partial charge in [-0.1, -0.05) is 37.1 Å². The van der Waals surface area contributed by atoms with Crippen molar-refractivity contribution in [2.45, 2.75) is 70.4 Å². The molecule has 1 fully saturated rings. The van der Waals surface area contributed by atoms with E-state index in [-0.39, 0.29) is 5.54 Å². The van der Waals surface area contributed by atoms with Gasteiger partial charge in [0.2, 0.25) is 0 Å². The molecule has 1 saturated carbocycles. The van der Waals surface area contributed by atoms with Crippen LogP contribution in [0, 0.1) is 5.92 Å². The minimum Gasteiger partial charge on any atom is -0.465 e. The van der Waals surface area contributed by atoms with E-state index < -0.39 is 11.6 Å². The summed E-state index contributed by atoms with van der Waals surface area (Å²) >= 11 is 0. The lowest BCUT2D eigenvalue weighted by molar-refractivity contribution is -0.0512. The molecule has 0 aliphatic heterocycles. The molecule has 2 atom stereocenters. The summed E-state index contributed by atoms with van der Waals surface area (Å²) in [6, 6.07) is 8.51. The molecule has 1 aromatic carbocycles. The van der Waals surface area contributed by atoms with Crippen LogP contribution in [-0.4, -0.2) is 21.6 Å². The zero-order chi connectivity index (χ0) is 16.0. The van der Waals surface area contributed by atoms with Crippen LogP contribution in [0.2, 0.25) is 0 Å². The highest BCUT2D eigenvalue weighted by atomic mass is 16.4. The Balaban J connectivity index is 2.23. The molecule has 1 aromatic rings. The van der Waals surface area contributed by atoms with Gasteiger partial charge in [0, 0.05) is 5.54 Å². The van der Waals surface area contributed by atoms with Gasteiger partial charge in [-0.3, -0.25) is 4.90 Å². The summed E-state index contributed by atoms with van der Waals surface area (Å²) in [6.07, 6.45) is 5.86. The van der Waals surface area contributed by atoms with Crippen LogP contribution >= 0.6 is 0 Å². The zero-order valence-electron chi connectivity index (χ0n) is 13.9.